The fraction of sp³-hybridized carbons (Fsp3) is 0.250. The van der Waals surface area contributed by atoms with E-state index in [1.807, 2.05) is 6.92 Å². The molecular weight excluding hydrogens is 304 g/mol. The molecule has 5 nitrogen and oxygen atoms in total. The van der Waals surface area contributed by atoms with Crippen LogP contribution in [-0.4, -0.2) is 17.4 Å². The molecule has 122 valence electrons. The van der Waals surface area contributed by atoms with Crippen molar-refractivity contribution in [2.45, 2.75) is 19.8 Å². The van der Waals surface area contributed by atoms with E-state index in [-0.39, 0.29) is 22.9 Å². The highest BCUT2D eigenvalue weighted by molar-refractivity contribution is 6.12. The molecule has 7 heteroatoms. The van der Waals surface area contributed by atoms with Gasteiger partial charge in [-0.2, -0.15) is 0 Å². The van der Waals surface area contributed by atoms with Gasteiger partial charge in [-0.1, -0.05) is 13.3 Å². The number of nitrogens with two attached hydrogens (primary N) is 2. The third-order valence-electron chi connectivity index (χ3n) is 3.20. The first-order valence-corrected chi connectivity index (χ1v) is 7.12. The number of rotatable bonds is 6. The quantitative estimate of drug-likeness (QED) is 0.630. The van der Waals surface area contributed by atoms with Gasteiger partial charge in [-0.3, -0.25) is 4.79 Å². The lowest BCUT2D eigenvalue weighted by Crippen LogP contribution is -2.12. The Morgan fingerprint density at radius 3 is 2.43 bits per heavy atom. The normalized spacial score (nSPS) is 10.6. The van der Waals surface area contributed by atoms with Gasteiger partial charge in [0.2, 0.25) is 5.78 Å². The maximum Gasteiger partial charge on any atom is 0.202 e. The number of carbonyl (C=O) groups excluding carboxylic acids is 1. The standard InChI is InChI=1S/C16H17F2N3O2/c1-2-3-6-23-9-7-11(17)14(12(18)8-9)15(22)10-4-5-13(19)21-16(10)20/h4-5,7-8H,2-3,6H2,1H3,(H4,19,20,21). The van der Waals surface area contributed by atoms with Gasteiger partial charge in [0.1, 0.15) is 29.0 Å². The Kier molecular flexibility index (Phi) is 5.10. The van der Waals surface area contributed by atoms with Gasteiger partial charge >= 0.3 is 0 Å². The van der Waals surface area contributed by atoms with E-state index in [0.717, 1.165) is 25.0 Å². The van der Waals surface area contributed by atoms with Crippen LogP contribution < -0.4 is 16.2 Å². The van der Waals surface area contributed by atoms with Gasteiger partial charge in [0.15, 0.2) is 0 Å². The largest absolute Gasteiger partial charge is 0.493 e. The minimum Gasteiger partial charge on any atom is -0.493 e. The molecule has 0 aliphatic heterocycles. The van der Waals surface area contributed by atoms with Crippen molar-refractivity contribution >= 4 is 17.4 Å². The van der Waals surface area contributed by atoms with Gasteiger partial charge in [0.05, 0.1) is 17.7 Å². The number of pyridine rings is 1. The first-order chi connectivity index (χ1) is 10.9. The van der Waals surface area contributed by atoms with Crippen molar-refractivity contribution in [3.63, 3.8) is 0 Å². The van der Waals surface area contributed by atoms with Crippen LogP contribution in [0.1, 0.15) is 35.7 Å². The van der Waals surface area contributed by atoms with Gasteiger partial charge in [0, 0.05) is 12.1 Å². The molecular formula is C16H17F2N3O2. The number of aromatic nitrogens is 1. The molecule has 0 aliphatic carbocycles. The maximum atomic E-state index is 14.1. The molecule has 23 heavy (non-hydrogen) atoms. The molecule has 1 heterocycles. The second-order valence-corrected chi connectivity index (χ2v) is 4.96. The lowest BCUT2D eigenvalue weighted by molar-refractivity contribution is 0.103. The van der Waals surface area contributed by atoms with Crippen molar-refractivity contribution in [1.82, 2.24) is 4.98 Å². The summed E-state index contributed by atoms with van der Waals surface area (Å²) in [7, 11) is 0. The SMILES string of the molecule is CCCCOc1cc(F)c(C(=O)c2ccc(N)nc2N)c(F)c1. The van der Waals surface area contributed by atoms with Crippen molar-refractivity contribution in [1.29, 1.82) is 0 Å². The highest BCUT2D eigenvalue weighted by atomic mass is 19.1. The molecule has 0 spiro atoms. The molecule has 1 aromatic heterocycles. The summed E-state index contributed by atoms with van der Waals surface area (Å²) in [6, 6.07) is 4.58. The van der Waals surface area contributed by atoms with Crippen LogP contribution in [0.5, 0.6) is 5.75 Å². The van der Waals surface area contributed by atoms with E-state index in [1.165, 1.54) is 12.1 Å². The smallest absolute Gasteiger partial charge is 0.202 e. The van der Waals surface area contributed by atoms with E-state index in [2.05, 4.69) is 4.98 Å². The molecule has 0 amide bonds. The van der Waals surface area contributed by atoms with Crippen LogP contribution >= 0.6 is 0 Å². The molecule has 4 N–H and O–H groups in total. The lowest BCUT2D eigenvalue weighted by atomic mass is 10.0. The molecule has 0 saturated carbocycles. The Bertz CT molecular complexity index is 712. The summed E-state index contributed by atoms with van der Waals surface area (Å²) in [4.78, 5) is 16.0. The van der Waals surface area contributed by atoms with Crippen molar-refractivity contribution < 1.29 is 18.3 Å². The molecule has 2 rings (SSSR count). The van der Waals surface area contributed by atoms with E-state index < -0.39 is 23.0 Å². The Balaban J connectivity index is 2.33. The number of nitrogens with zero attached hydrogens (tertiary/aromatic N) is 1. The van der Waals surface area contributed by atoms with E-state index in [9.17, 15) is 13.6 Å². The molecule has 0 unspecified atom stereocenters. The van der Waals surface area contributed by atoms with Crippen LogP contribution in [0.3, 0.4) is 0 Å². The highest BCUT2D eigenvalue weighted by Crippen LogP contribution is 2.25. The average molecular weight is 321 g/mol. The van der Waals surface area contributed by atoms with Crippen LogP contribution in [0, 0.1) is 11.6 Å². The molecule has 0 fully saturated rings. The first-order valence-electron chi connectivity index (χ1n) is 7.12. The molecule has 0 aliphatic rings. The monoisotopic (exact) mass is 321 g/mol. The molecule has 1 aromatic carbocycles. The van der Waals surface area contributed by atoms with Crippen LogP contribution in [0.4, 0.5) is 20.4 Å². The molecule has 0 atom stereocenters. The van der Waals surface area contributed by atoms with Crippen molar-refractivity contribution in [3.8, 4) is 5.75 Å². The van der Waals surface area contributed by atoms with Gasteiger partial charge in [-0.25, -0.2) is 13.8 Å². The summed E-state index contributed by atoms with van der Waals surface area (Å²) in [6.45, 7) is 2.31. The minimum absolute atomic E-state index is 0.0356. The number of unbranched alkanes of at least 4 members (excludes halogenated alkanes) is 1. The average Bonchev–Trinajstić information content (AvgIpc) is 2.46. The topological polar surface area (TPSA) is 91.2 Å². The zero-order valence-corrected chi connectivity index (χ0v) is 12.6. The summed E-state index contributed by atoms with van der Waals surface area (Å²) in [6.07, 6.45) is 1.66. The summed E-state index contributed by atoms with van der Waals surface area (Å²) >= 11 is 0. The van der Waals surface area contributed by atoms with E-state index >= 15 is 0 Å². The summed E-state index contributed by atoms with van der Waals surface area (Å²) in [5.41, 5.74) is 10.2. The fourth-order valence-electron chi connectivity index (χ4n) is 2.00. The molecule has 0 saturated heterocycles. The Hall–Kier alpha value is -2.70. The number of carbonyl (C=O) groups is 1. The predicted octanol–water partition coefficient (Wildman–Crippen LogP) is 2.93. The Morgan fingerprint density at radius 1 is 1.22 bits per heavy atom. The van der Waals surface area contributed by atoms with Crippen LogP contribution in [-0.2, 0) is 0 Å². The third-order valence-corrected chi connectivity index (χ3v) is 3.20. The van der Waals surface area contributed by atoms with Gasteiger partial charge in [-0.15, -0.1) is 0 Å². The second-order valence-electron chi connectivity index (χ2n) is 4.96. The zero-order chi connectivity index (χ0) is 17.0. The number of halogens is 2. The third kappa shape index (κ3) is 3.74. The number of nitrogen functional groups attached to an aromatic ring is 2. The number of hydrogen-bond acceptors (Lipinski definition) is 5. The minimum atomic E-state index is -1.02. The van der Waals surface area contributed by atoms with Gasteiger partial charge in [0.25, 0.3) is 0 Å². The predicted molar refractivity (Wildman–Crippen MR) is 83.3 cm³/mol. The van der Waals surface area contributed by atoms with Gasteiger partial charge < -0.3 is 16.2 Å². The van der Waals surface area contributed by atoms with Crippen LogP contribution in [0.2, 0.25) is 0 Å². The number of ether oxygens (including phenoxy) is 1. The Morgan fingerprint density at radius 2 is 1.87 bits per heavy atom. The molecule has 2 aromatic rings. The Labute approximate surface area is 132 Å². The van der Waals surface area contributed by atoms with Crippen molar-refractivity contribution in [2.75, 3.05) is 18.1 Å². The lowest BCUT2D eigenvalue weighted by Gasteiger charge is -2.10. The highest BCUT2D eigenvalue weighted by Gasteiger charge is 2.23. The maximum absolute atomic E-state index is 14.1. The van der Waals surface area contributed by atoms with E-state index in [0.29, 0.717) is 6.61 Å². The number of benzene rings is 1. The first kappa shape index (κ1) is 16.7. The molecule has 0 radical (unpaired) electrons. The van der Waals surface area contributed by atoms with Crippen LogP contribution in [0.25, 0.3) is 0 Å². The van der Waals surface area contributed by atoms with E-state index in [4.69, 9.17) is 16.2 Å². The number of hydrogen-bond donors (Lipinski definition) is 2. The van der Waals surface area contributed by atoms with Crippen LogP contribution in [0.15, 0.2) is 24.3 Å². The summed E-state index contributed by atoms with van der Waals surface area (Å²) in [5, 5.41) is 0. The van der Waals surface area contributed by atoms with Crippen molar-refractivity contribution in [2.24, 2.45) is 0 Å². The second kappa shape index (κ2) is 7.04. The zero-order valence-electron chi connectivity index (χ0n) is 12.6. The molecule has 0 bridgehead atoms. The fourth-order valence-corrected chi connectivity index (χ4v) is 2.00. The number of ketones is 1. The summed E-state index contributed by atoms with van der Waals surface area (Å²) in [5.74, 6) is -2.97. The van der Waals surface area contributed by atoms with Gasteiger partial charge in [-0.05, 0) is 18.6 Å². The summed E-state index contributed by atoms with van der Waals surface area (Å²) < 4.78 is 33.5. The van der Waals surface area contributed by atoms with E-state index in [1.54, 1.807) is 0 Å². The van der Waals surface area contributed by atoms with Crippen molar-refractivity contribution in [3.05, 3.63) is 47.0 Å². The number of anilines is 2.